The van der Waals surface area contributed by atoms with Crippen LogP contribution in [0.2, 0.25) is 0 Å². The average Bonchev–Trinajstić information content (AvgIpc) is 2.97. The molecule has 0 amide bonds. The largest absolute Gasteiger partial charge is 0.394 e. The lowest BCUT2D eigenvalue weighted by Crippen LogP contribution is -2.46. The fraction of sp³-hybridized carbons (Fsp3) is 1.00. The van der Waals surface area contributed by atoms with Crippen LogP contribution >= 0.6 is 0 Å². The van der Waals surface area contributed by atoms with Crippen molar-refractivity contribution >= 4 is 0 Å². The maximum Gasteiger partial charge on any atom is 0.0611 e. The van der Waals surface area contributed by atoms with Crippen molar-refractivity contribution in [3.05, 3.63) is 0 Å². The van der Waals surface area contributed by atoms with E-state index in [9.17, 15) is 5.11 Å². The highest BCUT2D eigenvalue weighted by Gasteiger charge is 2.23. The number of rotatable bonds is 8. The highest BCUT2D eigenvalue weighted by Crippen LogP contribution is 2.28. The second kappa shape index (κ2) is 5.69. The van der Waals surface area contributed by atoms with Gasteiger partial charge in [0.05, 0.1) is 6.61 Å². The van der Waals surface area contributed by atoms with E-state index in [0.29, 0.717) is 0 Å². The number of hydrogen-bond donors (Lipinski definition) is 2. The van der Waals surface area contributed by atoms with Gasteiger partial charge in [0.1, 0.15) is 0 Å². The van der Waals surface area contributed by atoms with Gasteiger partial charge in [-0.1, -0.05) is 6.92 Å². The molecule has 1 fully saturated rings. The van der Waals surface area contributed by atoms with E-state index >= 15 is 0 Å². The van der Waals surface area contributed by atoms with Gasteiger partial charge in [-0.25, -0.2) is 0 Å². The molecule has 14 heavy (non-hydrogen) atoms. The fourth-order valence-corrected chi connectivity index (χ4v) is 1.48. The van der Waals surface area contributed by atoms with Gasteiger partial charge in [0.2, 0.25) is 0 Å². The summed E-state index contributed by atoms with van der Waals surface area (Å²) in [5, 5.41) is 12.5. The van der Waals surface area contributed by atoms with Gasteiger partial charge in [-0.05, 0) is 38.6 Å². The lowest BCUT2D eigenvalue weighted by Gasteiger charge is -2.28. The molecule has 3 heteroatoms. The van der Waals surface area contributed by atoms with Crippen LogP contribution in [0, 0.1) is 5.92 Å². The molecular formula is C11H23NO2. The topological polar surface area (TPSA) is 41.5 Å². The van der Waals surface area contributed by atoms with Crippen molar-refractivity contribution in [2.45, 2.75) is 38.6 Å². The van der Waals surface area contributed by atoms with Crippen molar-refractivity contribution in [3.8, 4) is 0 Å². The van der Waals surface area contributed by atoms with Gasteiger partial charge in [0, 0.05) is 18.8 Å². The number of ether oxygens (including phenoxy) is 1. The summed E-state index contributed by atoms with van der Waals surface area (Å²) in [5.41, 5.74) is -0.168. The van der Waals surface area contributed by atoms with E-state index in [2.05, 4.69) is 12.2 Å². The fourth-order valence-electron chi connectivity index (χ4n) is 1.48. The van der Waals surface area contributed by atoms with Gasteiger partial charge in [0.25, 0.3) is 0 Å². The molecule has 1 unspecified atom stereocenters. The second-order valence-electron chi connectivity index (χ2n) is 4.52. The SMILES string of the molecule is CCNC(C)(CO)CCOCC1CC1. The highest BCUT2D eigenvalue weighted by atomic mass is 16.5. The highest BCUT2D eigenvalue weighted by molar-refractivity contribution is 4.81. The molecular weight excluding hydrogens is 178 g/mol. The molecule has 0 radical (unpaired) electrons. The Labute approximate surface area is 86.8 Å². The molecule has 0 saturated heterocycles. The molecule has 0 aromatic heterocycles. The lowest BCUT2D eigenvalue weighted by molar-refractivity contribution is 0.0820. The Morgan fingerprint density at radius 2 is 2.21 bits per heavy atom. The Morgan fingerprint density at radius 3 is 2.71 bits per heavy atom. The lowest BCUT2D eigenvalue weighted by atomic mass is 10.00. The first-order valence-corrected chi connectivity index (χ1v) is 5.64. The molecule has 1 aliphatic rings. The van der Waals surface area contributed by atoms with Gasteiger partial charge in [0.15, 0.2) is 0 Å². The minimum Gasteiger partial charge on any atom is -0.394 e. The van der Waals surface area contributed by atoms with Crippen LogP contribution < -0.4 is 5.32 Å². The third-order valence-corrected chi connectivity index (χ3v) is 2.80. The summed E-state index contributed by atoms with van der Waals surface area (Å²) >= 11 is 0. The predicted octanol–water partition coefficient (Wildman–Crippen LogP) is 1.16. The van der Waals surface area contributed by atoms with Gasteiger partial charge < -0.3 is 15.2 Å². The normalized spacial score (nSPS) is 20.8. The Morgan fingerprint density at radius 1 is 1.50 bits per heavy atom. The summed E-state index contributed by atoms with van der Waals surface area (Å²) in [6, 6.07) is 0. The van der Waals surface area contributed by atoms with Crippen molar-refractivity contribution in [2.24, 2.45) is 5.92 Å². The van der Waals surface area contributed by atoms with Crippen LogP contribution in [0.15, 0.2) is 0 Å². The van der Waals surface area contributed by atoms with Crippen LogP contribution in [0.1, 0.15) is 33.1 Å². The van der Waals surface area contributed by atoms with Crippen LogP contribution in [-0.2, 0) is 4.74 Å². The maximum atomic E-state index is 9.22. The first-order chi connectivity index (χ1) is 6.70. The van der Waals surface area contributed by atoms with E-state index in [-0.39, 0.29) is 12.1 Å². The molecule has 0 aromatic rings. The number of aliphatic hydroxyl groups is 1. The van der Waals surface area contributed by atoms with Gasteiger partial charge in [-0.3, -0.25) is 0 Å². The van der Waals surface area contributed by atoms with Crippen LogP contribution in [0.5, 0.6) is 0 Å². The standard InChI is InChI=1S/C11H23NO2/c1-3-12-11(2,9-13)6-7-14-8-10-4-5-10/h10,12-13H,3-9H2,1-2H3. The van der Waals surface area contributed by atoms with E-state index < -0.39 is 0 Å². The van der Waals surface area contributed by atoms with Crippen LogP contribution in [0.3, 0.4) is 0 Å². The van der Waals surface area contributed by atoms with E-state index in [1.807, 2.05) is 6.92 Å². The number of nitrogens with one attached hydrogen (secondary N) is 1. The number of hydrogen-bond acceptors (Lipinski definition) is 3. The summed E-state index contributed by atoms with van der Waals surface area (Å²) in [5.74, 6) is 0.828. The van der Waals surface area contributed by atoms with Gasteiger partial charge in [-0.15, -0.1) is 0 Å². The van der Waals surface area contributed by atoms with Crippen molar-refractivity contribution in [1.82, 2.24) is 5.32 Å². The van der Waals surface area contributed by atoms with Crippen molar-refractivity contribution in [3.63, 3.8) is 0 Å². The van der Waals surface area contributed by atoms with Crippen molar-refractivity contribution in [1.29, 1.82) is 0 Å². The number of aliphatic hydroxyl groups excluding tert-OH is 1. The molecule has 84 valence electrons. The summed E-state index contributed by atoms with van der Waals surface area (Å²) < 4.78 is 5.55. The van der Waals surface area contributed by atoms with Crippen LogP contribution in [0.25, 0.3) is 0 Å². The third-order valence-electron chi connectivity index (χ3n) is 2.80. The minimum absolute atomic E-state index is 0.168. The molecule has 0 spiro atoms. The molecule has 0 aliphatic heterocycles. The predicted molar refractivity (Wildman–Crippen MR) is 57.3 cm³/mol. The van der Waals surface area contributed by atoms with E-state index in [0.717, 1.165) is 32.1 Å². The van der Waals surface area contributed by atoms with Crippen LogP contribution in [0.4, 0.5) is 0 Å². The van der Waals surface area contributed by atoms with Gasteiger partial charge in [-0.2, -0.15) is 0 Å². The summed E-state index contributed by atoms with van der Waals surface area (Å²) in [6.07, 6.45) is 3.55. The Balaban J connectivity index is 2.05. The van der Waals surface area contributed by atoms with Gasteiger partial charge >= 0.3 is 0 Å². The van der Waals surface area contributed by atoms with E-state index in [4.69, 9.17) is 4.74 Å². The summed E-state index contributed by atoms with van der Waals surface area (Å²) in [7, 11) is 0. The maximum absolute atomic E-state index is 9.22. The molecule has 0 aromatic carbocycles. The van der Waals surface area contributed by atoms with Crippen LogP contribution in [-0.4, -0.2) is 37.0 Å². The number of likely N-dealkylation sites (N-methyl/N-ethyl adjacent to an activating group) is 1. The molecule has 2 N–H and O–H groups in total. The minimum atomic E-state index is -0.168. The molecule has 0 bridgehead atoms. The smallest absolute Gasteiger partial charge is 0.0611 e. The van der Waals surface area contributed by atoms with E-state index in [1.165, 1.54) is 12.8 Å². The molecule has 1 atom stereocenters. The average molecular weight is 201 g/mol. The van der Waals surface area contributed by atoms with E-state index in [1.54, 1.807) is 0 Å². The Bertz CT molecular complexity index is 159. The summed E-state index contributed by atoms with van der Waals surface area (Å²) in [6.45, 7) is 6.82. The molecule has 1 saturated carbocycles. The Kier molecular flexibility index (Phi) is 4.85. The molecule has 0 heterocycles. The van der Waals surface area contributed by atoms with Crippen molar-refractivity contribution < 1.29 is 9.84 Å². The second-order valence-corrected chi connectivity index (χ2v) is 4.52. The zero-order valence-electron chi connectivity index (χ0n) is 9.38. The molecule has 1 aliphatic carbocycles. The zero-order valence-corrected chi connectivity index (χ0v) is 9.38. The zero-order chi connectivity index (χ0) is 10.4. The summed E-state index contributed by atoms with van der Waals surface area (Å²) in [4.78, 5) is 0. The monoisotopic (exact) mass is 201 g/mol. The molecule has 1 rings (SSSR count). The first-order valence-electron chi connectivity index (χ1n) is 5.64. The third kappa shape index (κ3) is 4.40. The first kappa shape index (κ1) is 12.0. The van der Waals surface area contributed by atoms with Crippen molar-refractivity contribution in [2.75, 3.05) is 26.4 Å². The quantitative estimate of drug-likeness (QED) is 0.579. The molecule has 3 nitrogen and oxygen atoms in total. The Hall–Kier alpha value is -0.120.